The molecule has 1 aliphatic heterocycles. The summed E-state index contributed by atoms with van der Waals surface area (Å²) in [6.07, 6.45) is 4.12. The zero-order valence-corrected chi connectivity index (χ0v) is 10.7. The van der Waals surface area contributed by atoms with E-state index in [0.29, 0.717) is 17.7 Å². The second-order valence-electron chi connectivity index (χ2n) is 4.31. The van der Waals surface area contributed by atoms with Crippen LogP contribution in [0.4, 0.5) is 4.39 Å². The molecule has 0 radical (unpaired) electrons. The number of hydrogen-bond acceptors (Lipinski definition) is 3. The number of hydrogen-bond donors (Lipinski definition) is 1. The van der Waals surface area contributed by atoms with Crippen molar-refractivity contribution in [2.75, 3.05) is 12.0 Å². The summed E-state index contributed by atoms with van der Waals surface area (Å²) in [4.78, 5) is 0. The van der Waals surface area contributed by atoms with E-state index >= 15 is 0 Å². The van der Waals surface area contributed by atoms with Crippen molar-refractivity contribution in [2.24, 2.45) is 0 Å². The van der Waals surface area contributed by atoms with Gasteiger partial charge in [-0.25, -0.2) is 4.39 Å². The number of aliphatic hydroxyl groups excluding tert-OH is 1. The highest BCUT2D eigenvalue weighted by Crippen LogP contribution is 2.36. The zero-order chi connectivity index (χ0) is 12.3. The van der Waals surface area contributed by atoms with Crippen LogP contribution in [-0.2, 0) is 0 Å². The fourth-order valence-corrected chi connectivity index (χ4v) is 2.58. The third-order valence-corrected chi connectivity index (χ3v) is 3.69. The van der Waals surface area contributed by atoms with Gasteiger partial charge in [-0.1, -0.05) is 0 Å². The van der Waals surface area contributed by atoms with Crippen molar-refractivity contribution in [3.8, 4) is 5.75 Å². The molecule has 94 valence electrons. The maximum atomic E-state index is 13.1. The van der Waals surface area contributed by atoms with Crippen LogP contribution in [0.1, 0.15) is 30.9 Å². The average molecular weight is 256 g/mol. The van der Waals surface area contributed by atoms with Crippen LogP contribution in [0.25, 0.3) is 0 Å². The summed E-state index contributed by atoms with van der Waals surface area (Å²) in [6.45, 7) is 0. The normalized spacial score (nSPS) is 23.0. The molecule has 0 saturated carbocycles. The highest BCUT2D eigenvalue weighted by Gasteiger charge is 2.26. The molecule has 0 saturated heterocycles. The molecule has 1 aliphatic rings. The number of fused-ring (bicyclic) bond motifs is 1. The number of benzene rings is 1. The third-order valence-electron chi connectivity index (χ3n) is 2.99. The van der Waals surface area contributed by atoms with Gasteiger partial charge < -0.3 is 9.84 Å². The maximum absolute atomic E-state index is 13.1. The molecule has 1 aromatic carbocycles. The largest absolute Gasteiger partial charge is 0.490 e. The molecule has 0 spiro atoms. The SMILES string of the molecule is CSCCCC1C[C@@H](O)c2ccc(F)cc2O1. The molecular formula is C13H17FO2S. The van der Waals surface area contributed by atoms with E-state index in [4.69, 9.17) is 4.74 Å². The first-order valence-corrected chi connectivity index (χ1v) is 7.23. The molecule has 17 heavy (non-hydrogen) atoms. The Kier molecular flexibility index (Phi) is 4.29. The fraction of sp³-hybridized carbons (Fsp3) is 0.538. The highest BCUT2D eigenvalue weighted by molar-refractivity contribution is 7.98. The topological polar surface area (TPSA) is 29.5 Å². The minimum atomic E-state index is -0.529. The van der Waals surface area contributed by atoms with Gasteiger partial charge in [0.2, 0.25) is 0 Å². The first-order chi connectivity index (χ1) is 8.20. The summed E-state index contributed by atoms with van der Waals surface area (Å²) < 4.78 is 18.8. The van der Waals surface area contributed by atoms with Crippen LogP contribution in [0.3, 0.4) is 0 Å². The molecule has 0 fully saturated rings. The second kappa shape index (κ2) is 5.74. The van der Waals surface area contributed by atoms with Crippen LogP contribution in [0.2, 0.25) is 0 Å². The Morgan fingerprint density at radius 1 is 1.53 bits per heavy atom. The molecule has 0 aromatic heterocycles. The highest BCUT2D eigenvalue weighted by atomic mass is 32.2. The van der Waals surface area contributed by atoms with E-state index < -0.39 is 6.10 Å². The molecule has 1 heterocycles. The number of halogens is 1. The summed E-state index contributed by atoms with van der Waals surface area (Å²) in [5.74, 6) is 1.27. The van der Waals surface area contributed by atoms with Crippen molar-refractivity contribution in [3.63, 3.8) is 0 Å². The van der Waals surface area contributed by atoms with Crippen molar-refractivity contribution < 1.29 is 14.2 Å². The Morgan fingerprint density at radius 2 is 2.35 bits per heavy atom. The molecule has 4 heteroatoms. The first-order valence-electron chi connectivity index (χ1n) is 5.84. The Labute approximate surface area is 105 Å². The standard InChI is InChI=1S/C13H17FO2S/c1-17-6-2-3-10-8-12(15)11-5-4-9(14)7-13(11)16-10/h4-5,7,10,12,15H,2-3,6,8H2,1H3/t10?,12-/m1/s1. The quantitative estimate of drug-likeness (QED) is 0.839. The van der Waals surface area contributed by atoms with Gasteiger partial charge in [0.1, 0.15) is 17.7 Å². The number of aliphatic hydroxyl groups is 1. The van der Waals surface area contributed by atoms with Crippen molar-refractivity contribution in [1.29, 1.82) is 0 Å². The van der Waals surface area contributed by atoms with Gasteiger partial charge in [0.15, 0.2) is 0 Å². The van der Waals surface area contributed by atoms with E-state index in [0.717, 1.165) is 18.6 Å². The van der Waals surface area contributed by atoms with Crippen LogP contribution in [0.5, 0.6) is 5.75 Å². The molecular weight excluding hydrogens is 239 g/mol. The molecule has 0 aliphatic carbocycles. The smallest absolute Gasteiger partial charge is 0.128 e. The van der Waals surface area contributed by atoms with E-state index in [9.17, 15) is 9.50 Å². The summed E-state index contributed by atoms with van der Waals surface area (Å²) >= 11 is 1.80. The lowest BCUT2D eigenvalue weighted by Gasteiger charge is -2.29. The van der Waals surface area contributed by atoms with E-state index in [-0.39, 0.29) is 11.9 Å². The lowest BCUT2D eigenvalue weighted by molar-refractivity contribution is 0.0613. The molecule has 1 aromatic rings. The Bertz CT molecular complexity index is 384. The van der Waals surface area contributed by atoms with Crippen molar-refractivity contribution in [2.45, 2.75) is 31.5 Å². The van der Waals surface area contributed by atoms with E-state index in [1.54, 1.807) is 17.8 Å². The van der Waals surface area contributed by atoms with Gasteiger partial charge in [-0.15, -0.1) is 0 Å². The average Bonchev–Trinajstić information content (AvgIpc) is 2.28. The number of ether oxygens (including phenoxy) is 1. The van der Waals surface area contributed by atoms with Gasteiger partial charge in [-0.2, -0.15) is 11.8 Å². The summed E-state index contributed by atoms with van der Waals surface area (Å²) in [5, 5.41) is 9.97. The summed E-state index contributed by atoms with van der Waals surface area (Å²) in [7, 11) is 0. The van der Waals surface area contributed by atoms with E-state index in [1.807, 2.05) is 0 Å². The van der Waals surface area contributed by atoms with E-state index in [2.05, 4.69) is 6.26 Å². The minimum absolute atomic E-state index is 0.00597. The number of rotatable bonds is 4. The van der Waals surface area contributed by atoms with Gasteiger partial charge in [0, 0.05) is 18.1 Å². The van der Waals surface area contributed by atoms with Gasteiger partial charge in [-0.3, -0.25) is 0 Å². The summed E-state index contributed by atoms with van der Waals surface area (Å²) in [5.41, 5.74) is 0.701. The Morgan fingerprint density at radius 3 is 3.12 bits per heavy atom. The van der Waals surface area contributed by atoms with Crippen LogP contribution >= 0.6 is 11.8 Å². The van der Waals surface area contributed by atoms with Crippen molar-refractivity contribution in [3.05, 3.63) is 29.6 Å². The molecule has 2 rings (SSSR count). The van der Waals surface area contributed by atoms with Crippen molar-refractivity contribution in [1.82, 2.24) is 0 Å². The molecule has 1 N–H and O–H groups in total. The van der Waals surface area contributed by atoms with Crippen LogP contribution in [-0.4, -0.2) is 23.2 Å². The van der Waals surface area contributed by atoms with Crippen molar-refractivity contribution >= 4 is 11.8 Å². The number of thioether (sulfide) groups is 1. The predicted octanol–water partition coefficient (Wildman–Crippen LogP) is 3.15. The summed E-state index contributed by atoms with van der Waals surface area (Å²) in [6, 6.07) is 4.33. The molecule has 1 unspecified atom stereocenters. The van der Waals surface area contributed by atoms with Gasteiger partial charge in [0.25, 0.3) is 0 Å². The fourth-order valence-electron chi connectivity index (χ4n) is 2.12. The monoisotopic (exact) mass is 256 g/mol. The van der Waals surface area contributed by atoms with Gasteiger partial charge in [-0.05, 0) is 37.0 Å². The molecule has 2 nitrogen and oxygen atoms in total. The lowest BCUT2D eigenvalue weighted by atomic mass is 9.97. The Balaban J connectivity index is 2.04. The van der Waals surface area contributed by atoms with Gasteiger partial charge in [0.05, 0.1) is 6.10 Å². The molecule has 0 amide bonds. The van der Waals surface area contributed by atoms with Crippen LogP contribution in [0.15, 0.2) is 18.2 Å². The van der Waals surface area contributed by atoms with E-state index in [1.165, 1.54) is 12.1 Å². The second-order valence-corrected chi connectivity index (χ2v) is 5.29. The zero-order valence-electron chi connectivity index (χ0n) is 9.86. The third kappa shape index (κ3) is 3.13. The molecule has 0 bridgehead atoms. The maximum Gasteiger partial charge on any atom is 0.128 e. The van der Waals surface area contributed by atoms with Crippen LogP contribution in [0, 0.1) is 5.82 Å². The van der Waals surface area contributed by atoms with Gasteiger partial charge >= 0.3 is 0 Å². The lowest BCUT2D eigenvalue weighted by Crippen LogP contribution is -2.25. The first kappa shape index (κ1) is 12.7. The molecule has 2 atom stereocenters. The van der Waals surface area contributed by atoms with Crippen LogP contribution < -0.4 is 4.74 Å². The Hall–Kier alpha value is -0.740. The predicted molar refractivity (Wildman–Crippen MR) is 68.0 cm³/mol. The minimum Gasteiger partial charge on any atom is -0.490 e.